The average Bonchev–Trinajstić information content (AvgIpc) is 3.80. The third-order valence-corrected chi connectivity index (χ3v) is 18.8. The molecule has 390 valence electrons. The molecule has 73 heavy (non-hydrogen) atoms. The van der Waals surface area contributed by atoms with Crippen LogP contribution in [-0.4, -0.2) is 89.1 Å². The van der Waals surface area contributed by atoms with Gasteiger partial charge in [-0.3, -0.25) is 24.0 Å². The second kappa shape index (κ2) is 22.6. The molecule has 0 radical (unpaired) electrons. The normalized spacial score (nSPS) is 28.7. The number of hydrogen-bond donors (Lipinski definition) is 6. The molecule has 11 heteroatoms. The molecule has 4 aromatic carbocycles. The van der Waals surface area contributed by atoms with E-state index in [4.69, 9.17) is 0 Å². The van der Waals surface area contributed by atoms with Crippen molar-refractivity contribution in [3.63, 3.8) is 0 Å². The van der Waals surface area contributed by atoms with Crippen LogP contribution in [0.1, 0.15) is 153 Å². The first-order chi connectivity index (χ1) is 34.8. The van der Waals surface area contributed by atoms with E-state index in [0.29, 0.717) is 16.7 Å². The molecule has 6 N–H and O–H groups in total. The van der Waals surface area contributed by atoms with Gasteiger partial charge in [-0.1, -0.05) is 162 Å². The Morgan fingerprint density at radius 3 is 1.66 bits per heavy atom. The lowest BCUT2D eigenvalue weighted by Crippen LogP contribution is -2.81. The minimum Gasteiger partial charge on any atom is -0.516 e. The van der Waals surface area contributed by atoms with Gasteiger partial charge in [-0.15, -0.1) is 0 Å². The van der Waals surface area contributed by atoms with Crippen LogP contribution in [0.15, 0.2) is 133 Å². The van der Waals surface area contributed by atoms with Gasteiger partial charge in [0.1, 0.15) is 12.2 Å². The van der Waals surface area contributed by atoms with Gasteiger partial charge in [-0.2, -0.15) is 0 Å². The molecule has 0 heterocycles. The first-order valence-electron chi connectivity index (χ1n) is 26.4. The third kappa shape index (κ3) is 10.0. The Balaban J connectivity index is 0.000000232. The van der Waals surface area contributed by atoms with Crippen LogP contribution in [0.4, 0.5) is 0 Å². The van der Waals surface area contributed by atoms with Crippen molar-refractivity contribution >= 4 is 29.4 Å². The Morgan fingerprint density at radius 2 is 1.12 bits per heavy atom. The topological polar surface area (TPSA) is 207 Å². The highest BCUT2D eigenvalue weighted by Crippen LogP contribution is 2.68. The van der Waals surface area contributed by atoms with Crippen molar-refractivity contribution in [3.05, 3.63) is 155 Å². The van der Waals surface area contributed by atoms with Gasteiger partial charge in [0, 0.05) is 22.3 Å². The molecular formula is C62H76O11. The smallest absolute Gasteiger partial charge is 0.222 e. The van der Waals surface area contributed by atoms with Crippen molar-refractivity contribution < 1.29 is 54.6 Å². The Kier molecular flexibility index (Phi) is 17.1. The van der Waals surface area contributed by atoms with Gasteiger partial charge in [-0.25, -0.2) is 0 Å². The number of ketones is 4. The van der Waals surface area contributed by atoms with Crippen LogP contribution in [0.2, 0.25) is 0 Å². The maximum absolute atomic E-state index is 14.2. The van der Waals surface area contributed by atoms with E-state index in [1.54, 1.807) is 12.5 Å². The highest BCUT2D eigenvalue weighted by Gasteiger charge is 2.76. The fourth-order valence-corrected chi connectivity index (χ4v) is 14.4. The van der Waals surface area contributed by atoms with Crippen LogP contribution < -0.4 is 0 Å². The van der Waals surface area contributed by atoms with Crippen molar-refractivity contribution in [2.75, 3.05) is 0 Å². The summed E-state index contributed by atoms with van der Waals surface area (Å²) >= 11 is 0. The van der Waals surface area contributed by atoms with E-state index in [1.807, 2.05) is 0 Å². The summed E-state index contributed by atoms with van der Waals surface area (Å²) in [6, 6.07) is 26.0. The fourth-order valence-electron chi connectivity index (χ4n) is 14.4. The molecule has 4 aliphatic rings. The maximum atomic E-state index is 14.2. The van der Waals surface area contributed by atoms with Crippen LogP contribution in [0.25, 0.3) is 0 Å². The molecule has 4 aromatic rings. The summed E-state index contributed by atoms with van der Waals surface area (Å²) in [7, 11) is 0. The van der Waals surface area contributed by atoms with Gasteiger partial charge in [0.15, 0.2) is 17.7 Å². The van der Waals surface area contributed by atoms with Gasteiger partial charge in [0.25, 0.3) is 0 Å². The number of aliphatic hydroxyl groups is 6. The minimum absolute atomic E-state index is 0.197. The van der Waals surface area contributed by atoms with E-state index in [1.165, 1.54) is 156 Å². The Hall–Kier alpha value is -5.43. The van der Waals surface area contributed by atoms with Crippen molar-refractivity contribution in [2.45, 2.75) is 141 Å². The molecular weight excluding hydrogens is 921 g/mol. The van der Waals surface area contributed by atoms with Gasteiger partial charge >= 0.3 is 0 Å². The zero-order chi connectivity index (χ0) is 52.9. The van der Waals surface area contributed by atoms with E-state index < -0.39 is 75.1 Å². The van der Waals surface area contributed by atoms with Gasteiger partial charge in [0.2, 0.25) is 28.6 Å². The quantitative estimate of drug-likeness (QED) is 0.0239. The van der Waals surface area contributed by atoms with Crippen LogP contribution in [0.3, 0.4) is 0 Å². The number of hydrogen-bond acceptors (Lipinski definition) is 11. The monoisotopic (exact) mass is 997 g/mol. The second-order valence-electron chi connectivity index (χ2n) is 22.5. The summed E-state index contributed by atoms with van der Waals surface area (Å²) in [5.41, 5.74) is -11.5. The van der Waals surface area contributed by atoms with E-state index in [-0.39, 0.29) is 5.56 Å². The Morgan fingerprint density at radius 1 is 0.616 bits per heavy atom. The predicted molar refractivity (Wildman–Crippen MR) is 280 cm³/mol. The first kappa shape index (κ1) is 55.3. The van der Waals surface area contributed by atoms with Crippen LogP contribution in [0.5, 0.6) is 0 Å². The van der Waals surface area contributed by atoms with Crippen molar-refractivity contribution in [2.24, 2.45) is 52.3 Å². The fraction of sp³-hybridized carbons (Fsp3) is 0.500. The van der Waals surface area contributed by atoms with Crippen LogP contribution in [0, 0.1) is 52.3 Å². The highest BCUT2D eigenvalue weighted by atomic mass is 16.4. The van der Waals surface area contributed by atoms with Crippen LogP contribution >= 0.6 is 0 Å². The van der Waals surface area contributed by atoms with Gasteiger partial charge in [0.05, 0.1) is 6.26 Å². The predicted octanol–water partition coefficient (Wildman–Crippen LogP) is 10.2. The number of fused-ring (bicyclic) bond motifs is 5. The number of Topliss-reactive ketones (excluding diaryl/α,β-unsaturated/α-hetero) is 4. The SMILES string of the molecule is CC(=CO)[C@@H](C)CC[C@@H](C)[C@H]1CC[C@H]2[C@@H]3CCC4CCCC[C@]4(C)[C@H]3CC[C@]12C.O=C[C@@](O)(C(=O)c1ccccc1)[C@](O)(C(=O)c1ccccc1)[C@@](O)(C(=O)c1ccccc1)[C@H](O)C(O)C(=O)c1ccccc1. The number of carbonyl (C=O) groups excluding carboxylic acids is 5. The molecule has 2 unspecified atom stereocenters. The highest BCUT2D eigenvalue weighted by molar-refractivity contribution is 6.23. The molecule has 0 spiro atoms. The first-order valence-corrected chi connectivity index (χ1v) is 26.4. The number of benzene rings is 4. The summed E-state index contributed by atoms with van der Waals surface area (Å²) in [4.78, 5) is 68.2. The lowest BCUT2D eigenvalue weighted by atomic mass is 9.44. The maximum Gasteiger partial charge on any atom is 0.222 e. The molecule has 14 atom stereocenters. The second-order valence-corrected chi connectivity index (χ2v) is 22.5. The zero-order valence-electron chi connectivity index (χ0n) is 43.1. The van der Waals surface area contributed by atoms with Crippen molar-refractivity contribution in [1.29, 1.82) is 0 Å². The molecule has 4 fully saturated rings. The average molecular weight is 997 g/mol. The largest absolute Gasteiger partial charge is 0.516 e. The minimum atomic E-state index is -4.25. The standard InChI is InChI=1S/C34H28O10.C28H48O/c35-21-32(42,28(38)23-15-7-2-8-16-23)34(44,30(40)25-19-11-4-12-20-25)33(43,29(39)24-17-9-3-10-18-24)31(41)27(37)26(36)22-13-5-1-6-14-22;1-19(21(3)18-29)9-10-20(2)24-13-14-25-23-12-11-22-8-6-7-16-27(22,4)26(23)15-17-28(24,25)5/h1-21,27,31,37,41-44H;18-20,22-26,29H,6-17H2,1-5H3/t27?,31-,32-,33-,34-;19-,20+,22?,23-,24+,25-,26-,27-,28+/m10/s1. The summed E-state index contributed by atoms with van der Waals surface area (Å²) in [5.74, 6) is 0.0616. The molecule has 0 bridgehead atoms. The number of carbonyl (C=O) groups is 5. The molecule has 11 nitrogen and oxygen atoms in total. The Bertz CT molecular complexity index is 2590. The number of aldehydes is 1. The summed E-state index contributed by atoms with van der Waals surface area (Å²) in [6.45, 7) is 12.3. The molecule has 0 aliphatic heterocycles. The third-order valence-electron chi connectivity index (χ3n) is 18.8. The van der Waals surface area contributed by atoms with Crippen molar-refractivity contribution in [1.82, 2.24) is 0 Å². The zero-order valence-corrected chi connectivity index (χ0v) is 43.1. The van der Waals surface area contributed by atoms with E-state index in [2.05, 4.69) is 34.6 Å². The lowest BCUT2D eigenvalue weighted by molar-refractivity contribution is -0.215. The van der Waals surface area contributed by atoms with E-state index in [0.717, 1.165) is 77.5 Å². The van der Waals surface area contributed by atoms with Gasteiger partial charge < -0.3 is 30.6 Å². The summed E-state index contributed by atoms with van der Waals surface area (Å²) < 4.78 is 0. The van der Waals surface area contributed by atoms with E-state index >= 15 is 0 Å². The van der Waals surface area contributed by atoms with Crippen molar-refractivity contribution in [3.8, 4) is 0 Å². The molecule has 8 rings (SSSR count). The molecule has 0 saturated heterocycles. The lowest BCUT2D eigenvalue weighted by Gasteiger charge is -2.61. The number of rotatable bonds is 18. The Labute approximate surface area is 430 Å². The molecule has 4 saturated carbocycles. The summed E-state index contributed by atoms with van der Waals surface area (Å²) in [5, 5.41) is 68.5. The number of allylic oxidation sites excluding steroid dienone is 1. The van der Waals surface area contributed by atoms with E-state index in [9.17, 15) is 54.6 Å². The summed E-state index contributed by atoms with van der Waals surface area (Å²) in [6.07, 6.45) is 12.7. The van der Waals surface area contributed by atoms with Gasteiger partial charge in [-0.05, 0) is 129 Å². The molecule has 4 aliphatic carbocycles. The van der Waals surface area contributed by atoms with Crippen LogP contribution in [-0.2, 0) is 4.79 Å². The number of aliphatic hydroxyl groups excluding tert-OH is 3. The molecule has 0 amide bonds. The molecule has 0 aromatic heterocycles.